The molecule has 0 saturated carbocycles. The Kier molecular flexibility index (Phi) is 3.21. The first-order chi connectivity index (χ1) is 7.65. The Morgan fingerprint density at radius 2 is 2.12 bits per heavy atom. The van der Waals surface area contributed by atoms with E-state index in [1.54, 1.807) is 6.07 Å². The van der Waals surface area contributed by atoms with E-state index in [0.29, 0.717) is 16.8 Å². The van der Waals surface area contributed by atoms with Crippen LogP contribution in [-0.2, 0) is 0 Å². The van der Waals surface area contributed by atoms with E-state index in [1.807, 2.05) is 12.1 Å². The van der Waals surface area contributed by atoms with Gasteiger partial charge in [0.1, 0.15) is 21.3 Å². The van der Waals surface area contributed by atoms with Gasteiger partial charge in [0.15, 0.2) is 0 Å². The maximum atomic E-state index is 5.71. The Morgan fingerprint density at radius 1 is 1.31 bits per heavy atom. The average molecular weight is 301 g/mol. The average Bonchev–Trinajstić information content (AvgIpc) is 2.24. The lowest BCUT2D eigenvalue weighted by Gasteiger charge is -2.04. The highest BCUT2D eigenvalue weighted by atomic mass is 79.9. The number of halogens is 2. The molecule has 5 nitrogen and oxygen atoms in total. The maximum Gasteiger partial charge on any atom is 0.230 e. The van der Waals surface area contributed by atoms with Gasteiger partial charge in [0.25, 0.3) is 0 Å². The van der Waals surface area contributed by atoms with Crippen molar-refractivity contribution < 1.29 is 0 Å². The van der Waals surface area contributed by atoms with E-state index in [0.717, 1.165) is 4.60 Å². The number of aromatic nitrogens is 3. The predicted octanol–water partition coefficient (Wildman–Crippen LogP) is 2.61. The minimum Gasteiger partial charge on any atom is -0.382 e. The van der Waals surface area contributed by atoms with Gasteiger partial charge in [0.05, 0.1) is 6.20 Å². The number of nitrogens with zero attached hydrogens (tertiary/aromatic N) is 3. The van der Waals surface area contributed by atoms with Crippen LogP contribution in [0, 0.1) is 0 Å². The van der Waals surface area contributed by atoms with Gasteiger partial charge in [-0.15, -0.1) is 0 Å². The normalized spacial score (nSPS) is 10.1. The summed E-state index contributed by atoms with van der Waals surface area (Å²) in [5.41, 5.74) is 5.55. The monoisotopic (exact) mass is 299 g/mol. The number of nitrogens with one attached hydrogen (secondary N) is 1. The zero-order chi connectivity index (χ0) is 11.5. The molecule has 2 heterocycles. The number of anilines is 3. The van der Waals surface area contributed by atoms with Crippen molar-refractivity contribution in [2.24, 2.45) is 0 Å². The molecule has 0 bridgehead atoms. The summed E-state index contributed by atoms with van der Waals surface area (Å²) in [6.45, 7) is 0. The topological polar surface area (TPSA) is 76.7 Å². The molecule has 0 spiro atoms. The summed E-state index contributed by atoms with van der Waals surface area (Å²) in [5, 5.41) is 3.24. The van der Waals surface area contributed by atoms with E-state index >= 15 is 0 Å². The number of rotatable bonds is 2. The molecule has 0 saturated heterocycles. The van der Waals surface area contributed by atoms with Gasteiger partial charge in [-0.05, 0) is 28.1 Å². The Bertz CT molecular complexity index is 519. The third-order valence-electron chi connectivity index (χ3n) is 1.73. The highest BCUT2D eigenvalue weighted by Crippen LogP contribution is 2.18. The number of nitrogen functional groups attached to an aromatic ring is 1. The van der Waals surface area contributed by atoms with Crippen molar-refractivity contribution in [3.8, 4) is 0 Å². The lowest BCUT2D eigenvalue weighted by Crippen LogP contribution is -2.01. The fourth-order valence-corrected chi connectivity index (χ4v) is 1.47. The quantitative estimate of drug-likeness (QED) is 0.834. The molecular weight excluding hydrogens is 293 g/mol. The van der Waals surface area contributed by atoms with Gasteiger partial charge >= 0.3 is 0 Å². The van der Waals surface area contributed by atoms with Gasteiger partial charge in [-0.2, -0.15) is 4.98 Å². The SMILES string of the molecule is Nc1nc(Nc2cccc(Br)n2)ncc1Cl. The van der Waals surface area contributed by atoms with Crippen molar-refractivity contribution in [3.63, 3.8) is 0 Å². The first kappa shape index (κ1) is 11.1. The Balaban J connectivity index is 2.24. The van der Waals surface area contributed by atoms with E-state index in [1.165, 1.54) is 6.20 Å². The third kappa shape index (κ3) is 2.59. The molecule has 0 amide bonds. The number of hydrogen-bond donors (Lipinski definition) is 2. The predicted molar refractivity (Wildman–Crippen MR) is 66.7 cm³/mol. The molecule has 0 aliphatic heterocycles. The van der Waals surface area contributed by atoms with E-state index in [9.17, 15) is 0 Å². The van der Waals surface area contributed by atoms with Crippen LogP contribution < -0.4 is 11.1 Å². The Labute approximate surface area is 105 Å². The Morgan fingerprint density at radius 3 is 2.81 bits per heavy atom. The van der Waals surface area contributed by atoms with Crippen LogP contribution in [-0.4, -0.2) is 15.0 Å². The molecule has 3 N–H and O–H groups in total. The van der Waals surface area contributed by atoms with Crippen LogP contribution in [0.2, 0.25) is 5.02 Å². The summed E-state index contributed by atoms with van der Waals surface area (Å²) in [7, 11) is 0. The van der Waals surface area contributed by atoms with Crippen LogP contribution in [0.25, 0.3) is 0 Å². The first-order valence-corrected chi connectivity index (χ1v) is 5.50. The second-order valence-electron chi connectivity index (χ2n) is 2.90. The largest absolute Gasteiger partial charge is 0.382 e. The molecule has 0 aromatic carbocycles. The van der Waals surface area contributed by atoms with Crippen molar-refractivity contribution >= 4 is 45.1 Å². The standard InChI is InChI=1S/C9H7BrClN5/c10-6-2-1-3-7(14-6)15-9-13-4-5(11)8(12)16-9/h1-4H,(H3,12,13,14,15,16). The number of nitrogens with two attached hydrogens (primary N) is 1. The molecule has 2 aromatic heterocycles. The molecular formula is C9H7BrClN5. The third-order valence-corrected chi connectivity index (χ3v) is 2.46. The lowest BCUT2D eigenvalue weighted by molar-refractivity contribution is 1.15. The second kappa shape index (κ2) is 4.63. The molecule has 0 aliphatic carbocycles. The second-order valence-corrected chi connectivity index (χ2v) is 4.12. The van der Waals surface area contributed by atoms with Crippen LogP contribution in [0.15, 0.2) is 29.0 Å². The summed E-state index contributed by atoms with van der Waals surface area (Å²) >= 11 is 8.97. The van der Waals surface area contributed by atoms with Crippen molar-refractivity contribution in [2.75, 3.05) is 11.1 Å². The minimum absolute atomic E-state index is 0.231. The van der Waals surface area contributed by atoms with Gasteiger partial charge in [0.2, 0.25) is 5.95 Å². The first-order valence-electron chi connectivity index (χ1n) is 4.33. The summed E-state index contributed by atoms with van der Waals surface area (Å²) < 4.78 is 0.722. The van der Waals surface area contributed by atoms with Crippen molar-refractivity contribution in [1.82, 2.24) is 15.0 Å². The minimum atomic E-state index is 0.231. The van der Waals surface area contributed by atoms with Crippen molar-refractivity contribution in [1.29, 1.82) is 0 Å². The van der Waals surface area contributed by atoms with Crippen molar-refractivity contribution in [2.45, 2.75) is 0 Å². The molecule has 0 radical (unpaired) electrons. The highest BCUT2D eigenvalue weighted by molar-refractivity contribution is 9.10. The highest BCUT2D eigenvalue weighted by Gasteiger charge is 2.02. The smallest absolute Gasteiger partial charge is 0.230 e. The lowest BCUT2D eigenvalue weighted by atomic mass is 10.5. The zero-order valence-electron chi connectivity index (χ0n) is 7.98. The van der Waals surface area contributed by atoms with Gasteiger partial charge in [-0.1, -0.05) is 17.7 Å². The fraction of sp³-hybridized carbons (Fsp3) is 0. The summed E-state index contributed by atoms with van der Waals surface area (Å²) in [4.78, 5) is 12.1. The molecule has 16 heavy (non-hydrogen) atoms. The number of pyridine rings is 1. The molecule has 0 unspecified atom stereocenters. The molecule has 7 heteroatoms. The summed E-state index contributed by atoms with van der Waals surface area (Å²) in [6, 6.07) is 5.46. The van der Waals surface area contributed by atoms with E-state index in [4.69, 9.17) is 17.3 Å². The summed E-state index contributed by atoms with van der Waals surface area (Å²) in [5.74, 6) is 1.21. The molecule has 0 aliphatic rings. The summed E-state index contributed by atoms with van der Waals surface area (Å²) in [6.07, 6.45) is 1.43. The van der Waals surface area contributed by atoms with Crippen LogP contribution in [0.5, 0.6) is 0 Å². The van der Waals surface area contributed by atoms with Gasteiger partial charge in [-0.3, -0.25) is 0 Å². The van der Waals surface area contributed by atoms with Gasteiger partial charge in [0, 0.05) is 0 Å². The van der Waals surface area contributed by atoms with Gasteiger partial charge in [-0.25, -0.2) is 9.97 Å². The maximum absolute atomic E-state index is 5.71. The van der Waals surface area contributed by atoms with Crippen molar-refractivity contribution in [3.05, 3.63) is 34.0 Å². The van der Waals surface area contributed by atoms with E-state index < -0.39 is 0 Å². The van der Waals surface area contributed by atoms with Gasteiger partial charge < -0.3 is 11.1 Å². The number of hydrogen-bond acceptors (Lipinski definition) is 5. The molecule has 2 aromatic rings. The molecule has 0 atom stereocenters. The molecule has 82 valence electrons. The van der Waals surface area contributed by atoms with Crippen LogP contribution in [0.3, 0.4) is 0 Å². The molecule has 0 fully saturated rings. The van der Waals surface area contributed by atoms with E-state index in [-0.39, 0.29) is 5.82 Å². The fourth-order valence-electron chi connectivity index (χ4n) is 1.03. The van der Waals surface area contributed by atoms with E-state index in [2.05, 4.69) is 36.2 Å². The zero-order valence-corrected chi connectivity index (χ0v) is 10.3. The van der Waals surface area contributed by atoms with Crippen LogP contribution >= 0.6 is 27.5 Å². The van der Waals surface area contributed by atoms with Crippen LogP contribution in [0.1, 0.15) is 0 Å². The Hall–Kier alpha value is -1.40. The molecule has 2 rings (SSSR count). The van der Waals surface area contributed by atoms with Crippen LogP contribution in [0.4, 0.5) is 17.6 Å².